The van der Waals surface area contributed by atoms with Crippen molar-refractivity contribution in [2.45, 2.75) is 13.2 Å². The van der Waals surface area contributed by atoms with Crippen LogP contribution in [0.5, 0.6) is 0 Å². The molecule has 0 aliphatic carbocycles. The summed E-state index contributed by atoms with van der Waals surface area (Å²) in [5.41, 5.74) is 0.448. The molecule has 0 aromatic rings. The molecule has 1 N–H and O–H groups in total. The molecular weight excluding hydrogens is 118 g/mol. The molecule has 9 heavy (non-hydrogen) atoms. The maximum absolute atomic E-state index is 10.6. The third-order valence-corrected chi connectivity index (χ3v) is 0.969. The second-order valence-corrected chi connectivity index (χ2v) is 2.08. The molecule has 50 valence electrons. The normalized spacial score (nSPS) is 23.0. The van der Waals surface area contributed by atoms with E-state index in [1.54, 1.807) is 6.92 Å². The Bertz CT molecular complexity index is 149. The van der Waals surface area contributed by atoms with Crippen molar-refractivity contribution in [1.82, 2.24) is 5.32 Å². The second-order valence-electron chi connectivity index (χ2n) is 2.08. The highest BCUT2D eigenvalue weighted by atomic mass is 16.6. The molecule has 0 amide bonds. The SMILES string of the molecule is C=C(C)C(=O)OC1CN1. The summed E-state index contributed by atoms with van der Waals surface area (Å²) >= 11 is 0. The highest BCUT2D eigenvalue weighted by Crippen LogP contribution is 2.02. The van der Waals surface area contributed by atoms with Gasteiger partial charge in [-0.1, -0.05) is 6.58 Å². The van der Waals surface area contributed by atoms with E-state index >= 15 is 0 Å². The van der Waals surface area contributed by atoms with Gasteiger partial charge in [0.15, 0.2) is 6.23 Å². The van der Waals surface area contributed by atoms with Crippen LogP contribution in [0, 0.1) is 0 Å². The summed E-state index contributed by atoms with van der Waals surface area (Å²) in [6.07, 6.45) is -0.0470. The minimum atomic E-state index is -0.315. The lowest BCUT2D eigenvalue weighted by atomic mass is 10.4. The quantitative estimate of drug-likeness (QED) is 0.323. The second kappa shape index (κ2) is 2.19. The highest BCUT2D eigenvalue weighted by Gasteiger charge is 2.24. The molecule has 0 aromatic heterocycles. The molecule has 0 bridgehead atoms. The number of hydrogen-bond acceptors (Lipinski definition) is 3. The van der Waals surface area contributed by atoms with E-state index in [1.165, 1.54) is 0 Å². The van der Waals surface area contributed by atoms with Crippen LogP contribution in [0.1, 0.15) is 6.92 Å². The van der Waals surface area contributed by atoms with Crippen molar-refractivity contribution in [3.63, 3.8) is 0 Å². The van der Waals surface area contributed by atoms with E-state index in [-0.39, 0.29) is 12.2 Å². The minimum Gasteiger partial charge on any atom is -0.442 e. The lowest BCUT2D eigenvalue weighted by Crippen LogP contribution is -2.08. The zero-order chi connectivity index (χ0) is 6.85. The van der Waals surface area contributed by atoms with Crippen LogP contribution in [0.4, 0.5) is 0 Å². The van der Waals surface area contributed by atoms with Crippen LogP contribution in [0.3, 0.4) is 0 Å². The Hall–Kier alpha value is -0.830. The Morgan fingerprint density at radius 1 is 1.89 bits per heavy atom. The first kappa shape index (κ1) is 6.29. The summed E-state index contributed by atoms with van der Waals surface area (Å²) in [5.74, 6) is -0.315. The molecule has 1 unspecified atom stereocenters. The van der Waals surface area contributed by atoms with Crippen LogP contribution < -0.4 is 5.32 Å². The average Bonchev–Trinajstić information content (AvgIpc) is 2.50. The van der Waals surface area contributed by atoms with Gasteiger partial charge >= 0.3 is 5.97 Å². The number of rotatable bonds is 2. The van der Waals surface area contributed by atoms with Gasteiger partial charge in [-0.3, -0.25) is 5.32 Å². The molecule has 3 heteroatoms. The molecule has 1 aliphatic heterocycles. The van der Waals surface area contributed by atoms with E-state index < -0.39 is 0 Å². The van der Waals surface area contributed by atoms with Crippen molar-refractivity contribution < 1.29 is 9.53 Å². The molecule has 1 aliphatic rings. The van der Waals surface area contributed by atoms with E-state index in [1.807, 2.05) is 0 Å². The molecule has 1 heterocycles. The van der Waals surface area contributed by atoms with Gasteiger partial charge in [-0.2, -0.15) is 0 Å². The summed E-state index contributed by atoms with van der Waals surface area (Å²) < 4.78 is 4.77. The zero-order valence-electron chi connectivity index (χ0n) is 5.31. The average molecular weight is 127 g/mol. The van der Waals surface area contributed by atoms with Crippen molar-refractivity contribution in [2.75, 3.05) is 6.54 Å². The summed E-state index contributed by atoms with van der Waals surface area (Å²) in [4.78, 5) is 10.6. The number of nitrogens with one attached hydrogen (secondary N) is 1. The van der Waals surface area contributed by atoms with Crippen LogP contribution >= 0.6 is 0 Å². The van der Waals surface area contributed by atoms with E-state index in [9.17, 15) is 4.79 Å². The monoisotopic (exact) mass is 127 g/mol. The molecule has 0 aromatic carbocycles. The standard InChI is InChI=1S/C6H9NO2/c1-4(2)6(8)9-5-3-7-5/h5,7H,1,3H2,2H3. The maximum Gasteiger partial charge on any atom is 0.334 e. The van der Waals surface area contributed by atoms with Gasteiger partial charge in [0.2, 0.25) is 0 Å². The fourth-order valence-corrected chi connectivity index (χ4v) is 0.361. The van der Waals surface area contributed by atoms with Gasteiger partial charge in [-0.15, -0.1) is 0 Å². The molecule has 1 saturated heterocycles. The predicted molar refractivity (Wildman–Crippen MR) is 32.7 cm³/mol. The van der Waals surface area contributed by atoms with Crippen molar-refractivity contribution in [3.05, 3.63) is 12.2 Å². The number of esters is 1. The number of carbonyl (C=O) groups is 1. The van der Waals surface area contributed by atoms with Crippen molar-refractivity contribution in [2.24, 2.45) is 0 Å². The van der Waals surface area contributed by atoms with E-state index in [0.29, 0.717) is 5.57 Å². The van der Waals surface area contributed by atoms with Gasteiger partial charge < -0.3 is 4.74 Å². The van der Waals surface area contributed by atoms with Crippen LogP contribution in [0.2, 0.25) is 0 Å². The summed E-state index contributed by atoms with van der Waals surface area (Å²) in [7, 11) is 0. The van der Waals surface area contributed by atoms with Crippen LogP contribution in [0.25, 0.3) is 0 Å². The molecule has 1 atom stereocenters. The van der Waals surface area contributed by atoms with Gasteiger partial charge in [-0.05, 0) is 6.92 Å². The van der Waals surface area contributed by atoms with Crippen LogP contribution in [0.15, 0.2) is 12.2 Å². The van der Waals surface area contributed by atoms with Gasteiger partial charge in [0.25, 0.3) is 0 Å². The molecule has 3 nitrogen and oxygen atoms in total. The summed E-state index contributed by atoms with van der Waals surface area (Å²) in [6, 6.07) is 0. The Morgan fingerprint density at radius 2 is 2.44 bits per heavy atom. The molecule has 1 fully saturated rings. The fourth-order valence-electron chi connectivity index (χ4n) is 0.361. The maximum atomic E-state index is 10.6. The first-order valence-corrected chi connectivity index (χ1v) is 2.80. The van der Waals surface area contributed by atoms with Crippen molar-refractivity contribution in [1.29, 1.82) is 0 Å². The molecule has 0 saturated carbocycles. The Kier molecular flexibility index (Phi) is 1.53. The molecule has 1 rings (SSSR count). The first-order chi connectivity index (χ1) is 4.20. The lowest BCUT2D eigenvalue weighted by molar-refractivity contribution is -0.140. The third kappa shape index (κ3) is 1.85. The topological polar surface area (TPSA) is 48.2 Å². The van der Waals surface area contributed by atoms with Crippen molar-refractivity contribution in [3.8, 4) is 0 Å². The molecule has 0 radical (unpaired) electrons. The van der Waals surface area contributed by atoms with Gasteiger partial charge in [0, 0.05) is 12.1 Å². The van der Waals surface area contributed by atoms with Gasteiger partial charge in [0.1, 0.15) is 0 Å². The van der Waals surface area contributed by atoms with E-state index in [2.05, 4.69) is 11.9 Å². The van der Waals surface area contributed by atoms with Crippen LogP contribution in [-0.4, -0.2) is 18.7 Å². The lowest BCUT2D eigenvalue weighted by Gasteiger charge is -1.97. The molecule has 0 spiro atoms. The highest BCUT2D eigenvalue weighted by molar-refractivity contribution is 5.87. The summed E-state index contributed by atoms with van der Waals surface area (Å²) in [5, 5.41) is 2.84. The summed E-state index contributed by atoms with van der Waals surface area (Å²) in [6.45, 7) is 5.84. The van der Waals surface area contributed by atoms with Gasteiger partial charge in [-0.25, -0.2) is 4.79 Å². The number of ether oxygens (including phenoxy) is 1. The largest absolute Gasteiger partial charge is 0.442 e. The Labute approximate surface area is 53.7 Å². The first-order valence-electron chi connectivity index (χ1n) is 2.80. The van der Waals surface area contributed by atoms with Crippen molar-refractivity contribution >= 4 is 5.97 Å². The Morgan fingerprint density at radius 3 is 2.78 bits per heavy atom. The van der Waals surface area contributed by atoms with Gasteiger partial charge in [0.05, 0.1) is 0 Å². The number of carbonyl (C=O) groups excluding carboxylic acids is 1. The van der Waals surface area contributed by atoms with E-state index in [0.717, 1.165) is 6.54 Å². The number of hydrogen-bond donors (Lipinski definition) is 1. The predicted octanol–water partition coefficient (Wildman–Crippen LogP) is 0.0350. The third-order valence-electron chi connectivity index (χ3n) is 0.969. The fraction of sp³-hybridized carbons (Fsp3) is 0.500. The smallest absolute Gasteiger partial charge is 0.334 e. The van der Waals surface area contributed by atoms with E-state index in [4.69, 9.17) is 4.74 Å². The minimum absolute atomic E-state index is 0.0470. The Balaban J connectivity index is 2.25. The zero-order valence-corrected chi connectivity index (χ0v) is 5.31. The van der Waals surface area contributed by atoms with Crippen LogP contribution in [-0.2, 0) is 9.53 Å². The molecular formula is C6H9NO2.